The smallest absolute Gasteiger partial charge is 0.472 e. The SMILES string of the molecule is CC/C=C\C/C=C\C/C=C\C/C=C\C/C=C\C/C=C\CCC(=O)OC(COC(=O)CCCCCCCCCCCCCCCCCCCCC)COP(=O)(O)OCC(N)C(=O)O. The highest BCUT2D eigenvalue weighted by Gasteiger charge is 2.28. The molecule has 0 aliphatic carbocycles. The summed E-state index contributed by atoms with van der Waals surface area (Å²) in [5.74, 6) is -2.48. The second-order valence-corrected chi connectivity index (χ2v) is 17.3. The summed E-state index contributed by atoms with van der Waals surface area (Å²) in [4.78, 5) is 46.1. The molecule has 0 rings (SSSR count). The van der Waals surface area contributed by atoms with Gasteiger partial charge in [-0.2, -0.15) is 0 Å². The number of carboxylic acid groups (broad SMARTS) is 1. The van der Waals surface area contributed by atoms with E-state index in [1.54, 1.807) is 0 Å². The van der Waals surface area contributed by atoms with Gasteiger partial charge in [0.2, 0.25) is 0 Å². The highest BCUT2D eigenvalue weighted by Crippen LogP contribution is 2.43. The molecule has 0 aromatic carbocycles. The Morgan fingerprint density at radius 1 is 0.516 bits per heavy atom. The summed E-state index contributed by atoms with van der Waals surface area (Å²) in [5, 5.41) is 8.91. The standard InChI is InChI=1S/C50H86NO10P/c1-3-5-7-9-11-13-15-17-19-21-23-25-27-29-31-33-35-37-39-41-48(52)58-43-46(44-59-62(56,57)60-45-47(51)50(54)55)61-49(53)42-40-38-36-34-32-30-28-26-24-22-20-18-16-14-12-10-8-6-4-2/h6,8,12,14,18,20,24,26,30,32,36,38,46-47H,3-5,7,9-11,13,15-17,19,21-23,25,27-29,31,33-35,37,39-45,51H2,1-2H3,(H,54,55)(H,56,57)/b8-6-,14-12-,20-18-,26-24-,32-30-,38-36-. The molecule has 356 valence electrons. The lowest BCUT2D eigenvalue weighted by molar-refractivity contribution is -0.161. The lowest BCUT2D eigenvalue weighted by atomic mass is 10.0. The van der Waals surface area contributed by atoms with Gasteiger partial charge in [0, 0.05) is 12.8 Å². The van der Waals surface area contributed by atoms with Crippen molar-refractivity contribution in [3.05, 3.63) is 72.9 Å². The molecular formula is C50H86NO10P. The van der Waals surface area contributed by atoms with E-state index < -0.39 is 51.1 Å². The van der Waals surface area contributed by atoms with Crippen molar-refractivity contribution in [3.8, 4) is 0 Å². The molecule has 0 fully saturated rings. The van der Waals surface area contributed by atoms with Crippen LogP contribution in [-0.4, -0.2) is 59.9 Å². The molecule has 12 heteroatoms. The highest BCUT2D eigenvalue weighted by atomic mass is 31.2. The predicted octanol–water partition coefficient (Wildman–Crippen LogP) is 13.3. The Bertz CT molecular complexity index is 1320. The van der Waals surface area contributed by atoms with Gasteiger partial charge in [0.25, 0.3) is 0 Å². The zero-order valence-corrected chi connectivity index (χ0v) is 39.6. The zero-order chi connectivity index (χ0) is 45.6. The third-order valence-corrected chi connectivity index (χ3v) is 10.9. The second kappa shape index (κ2) is 44.5. The third kappa shape index (κ3) is 43.6. The van der Waals surface area contributed by atoms with Gasteiger partial charge in [-0.1, -0.05) is 202 Å². The molecule has 0 aliphatic heterocycles. The maximum Gasteiger partial charge on any atom is 0.472 e. The first-order valence-corrected chi connectivity index (χ1v) is 25.5. The number of ether oxygens (including phenoxy) is 2. The number of hydrogen-bond acceptors (Lipinski definition) is 9. The molecule has 0 bridgehead atoms. The number of allylic oxidation sites excluding steroid dienone is 12. The van der Waals surface area contributed by atoms with Crippen molar-refractivity contribution in [2.75, 3.05) is 19.8 Å². The van der Waals surface area contributed by atoms with Crippen LogP contribution in [0.1, 0.15) is 194 Å². The van der Waals surface area contributed by atoms with Crippen molar-refractivity contribution < 1.29 is 47.5 Å². The van der Waals surface area contributed by atoms with Gasteiger partial charge < -0.3 is 25.2 Å². The topological polar surface area (TPSA) is 172 Å². The number of phosphoric acid groups is 1. The number of hydrogen-bond donors (Lipinski definition) is 3. The van der Waals surface area contributed by atoms with Crippen LogP contribution >= 0.6 is 7.82 Å². The molecule has 4 N–H and O–H groups in total. The summed E-state index contributed by atoms with van der Waals surface area (Å²) in [7, 11) is -4.74. The van der Waals surface area contributed by atoms with E-state index in [0.717, 1.165) is 51.4 Å². The minimum absolute atomic E-state index is 0.0344. The number of esters is 2. The van der Waals surface area contributed by atoms with Crippen LogP contribution in [0.2, 0.25) is 0 Å². The second-order valence-electron chi connectivity index (χ2n) is 15.9. The molecule has 0 aromatic heterocycles. The van der Waals surface area contributed by atoms with E-state index in [0.29, 0.717) is 19.3 Å². The van der Waals surface area contributed by atoms with Gasteiger partial charge in [-0.3, -0.25) is 23.4 Å². The molecule has 0 aliphatic rings. The number of aliphatic carboxylic acids is 1. The van der Waals surface area contributed by atoms with Crippen LogP contribution in [0.4, 0.5) is 0 Å². The molecule has 0 spiro atoms. The molecule has 3 unspecified atom stereocenters. The highest BCUT2D eigenvalue weighted by molar-refractivity contribution is 7.47. The van der Waals surface area contributed by atoms with Gasteiger partial charge in [0.05, 0.1) is 13.2 Å². The molecule has 11 nitrogen and oxygen atoms in total. The molecule has 3 atom stereocenters. The largest absolute Gasteiger partial charge is 0.480 e. The average molecular weight is 892 g/mol. The Labute approximate surface area is 376 Å². The minimum Gasteiger partial charge on any atom is -0.480 e. The molecule has 0 radical (unpaired) electrons. The van der Waals surface area contributed by atoms with Gasteiger partial charge in [-0.15, -0.1) is 0 Å². The summed E-state index contributed by atoms with van der Waals surface area (Å²) < 4.78 is 32.7. The first-order chi connectivity index (χ1) is 30.1. The number of phosphoric ester groups is 1. The summed E-state index contributed by atoms with van der Waals surface area (Å²) in [5.41, 5.74) is 5.34. The number of carbonyl (C=O) groups excluding carboxylic acids is 2. The van der Waals surface area contributed by atoms with Crippen molar-refractivity contribution in [1.29, 1.82) is 0 Å². The van der Waals surface area contributed by atoms with E-state index in [1.807, 2.05) is 12.2 Å². The maximum absolute atomic E-state index is 12.6. The summed E-state index contributed by atoms with van der Waals surface area (Å²) in [6.45, 7) is 2.63. The van der Waals surface area contributed by atoms with E-state index >= 15 is 0 Å². The van der Waals surface area contributed by atoms with Crippen LogP contribution in [0.25, 0.3) is 0 Å². The van der Waals surface area contributed by atoms with Crippen molar-refractivity contribution in [2.24, 2.45) is 5.73 Å². The van der Waals surface area contributed by atoms with Crippen molar-refractivity contribution >= 4 is 25.7 Å². The van der Waals surface area contributed by atoms with Crippen LogP contribution in [0.5, 0.6) is 0 Å². The van der Waals surface area contributed by atoms with Gasteiger partial charge in [-0.25, -0.2) is 4.57 Å². The Balaban J connectivity index is 4.40. The molecular weight excluding hydrogens is 806 g/mol. The normalized spacial score (nSPS) is 14.3. The average Bonchev–Trinajstić information content (AvgIpc) is 3.25. The number of unbranched alkanes of at least 4 members (excludes halogenated alkanes) is 18. The predicted molar refractivity (Wildman–Crippen MR) is 254 cm³/mol. The fourth-order valence-corrected chi connectivity index (χ4v) is 7.05. The summed E-state index contributed by atoms with van der Waals surface area (Å²) in [6.07, 6.45) is 54.1. The molecule has 0 heterocycles. The fourth-order valence-electron chi connectivity index (χ4n) is 6.27. The Morgan fingerprint density at radius 2 is 0.903 bits per heavy atom. The fraction of sp³-hybridized carbons (Fsp3) is 0.700. The Hall–Kier alpha value is -3.08. The van der Waals surface area contributed by atoms with Crippen LogP contribution in [-0.2, 0) is 37.5 Å². The minimum atomic E-state index is -4.74. The Kier molecular flexibility index (Phi) is 42.3. The number of nitrogens with two attached hydrogens (primary N) is 1. The van der Waals surface area contributed by atoms with Gasteiger partial charge >= 0.3 is 25.7 Å². The summed E-state index contributed by atoms with van der Waals surface area (Å²) in [6, 6.07) is -1.54. The van der Waals surface area contributed by atoms with E-state index in [-0.39, 0.29) is 19.4 Å². The van der Waals surface area contributed by atoms with Crippen LogP contribution in [0.3, 0.4) is 0 Å². The van der Waals surface area contributed by atoms with Crippen molar-refractivity contribution in [1.82, 2.24) is 0 Å². The molecule has 0 amide bonds. The Morgan fingerprint density at radius 3 is 1.32 bits per heavy atom. The van der Waals surface area contributed by atoms with Gasteiger partial charge in [-0.05, 0) is 51.4 Å². The van der Waals surface area contributed by atoms with Crippen LogP contribution in [0, 0.1) is 0 Å². The number of carbonyl (C=O) groups is 3. The summed E-state index contributed by atoms with van der Waals surface area (Å²) >= 11 is 0. The maximum atomic E-state index is 12.6. The zero-order valence-electron chi connectivity index (χ0n) is 38.7. The van der Waals surface area contributed by atoms with E-state index in [9.17, 15) is 23.8 Å². The number of rotatable bonds is 44. The van der Waals surface area contributed by atoms with Gasteiger partial charge in [0.1, 0.15) is 12.6 Å². The van der Waals surface area contributed by atoms with Crippen LogP contribution in [0.15, 0.2) is 72.9 Å². The van der Waals surface area contributed by atoms with Crippen LogP contribution < -0.4 is 5.73 Å². The molecule has 0 saturated carbocycles. The van der Waals surface area contributed by atoms with E-state index in [2.05, 4.69) is 79.1 Å². The van der Waals surface area contributed by atoms with Crippen molar-refractivity contribution in [3.63, 3.8) is 0 Å². The molecule has 0 aromatic rings. The van der Waals surface area contributed by atoms with Crippen molar-refractivity contribution in [2.45, 2.75) is 206 Å². The lowest BCUT2D eigenvalue weighted by Crippen LogP contribution is -2.34. The molecule has 0 saturated heterocycles. The quantitative estimate of drug-likeness (QED) is 0.0230. The first kappa shape index (κ1) is 58.9. The monoisotopic (exact) mass is 892 g/mol. The third-order valence-electron chi connectivity index (χ3n) is 9.98. The lowest BCUT2D eigenvalue weighted by Gasteiger charge is -2.20. The molecule has 62 heavy (non-hydrogen) atoms. The number of carboxylic acids is 1. The first-order valence-electron chi connectivity index (χ1n) is 24.0. The van der Waals surface area contributed by atoms with E-state index in [1.165, 1.54) is 96.3 Å². The van der Waals surface area contributed by atoms with E-state index in [4.69, 9.17) is 24.8 Å². The van der Waals surface area contributed by atoms with Gasteiger partial charge in [0.15, 0.2) is 6.10 Å².